The Hall–Kier alpha value is -1.67. The molecule has 8 heteroatoms. The third-order valence-corrected chi connectivity index (χ3v) is 3.47. The summed E-state index contributed by atoms with van der Waals surface area (Å²) >= 11 is 0. The molecule has 0 aromatic rings. The zero-order chi connectivity index (χ0) is 16.0. The summed E-state index contributed by atoms with van der Waals surface area (Å²) in [5.41, 5.74) is 9.95. The van der Waals surface area contributed by atoms with Crippen molar-refractivity contribution in [2.75, 3.05) is 13.2 Å². The Morgan fingerprint density at radius 1 is 1.38 bits per heavy atom. The number of likely N-dealkylation sites (tertiary alicyclic amines) is 1. The van der Waals surface area contributed by atoms with Crippen LogP contribution >= 0.6 is 0 Å². The van der Waals surface area contributed by atoms with Crippen LogP contribution in [-0.4, -0.2) is 52.7 Å². The number of ether oxygens (including phenoxy) is 1. The Labute approximate surface area is 123 Å². The summed E-state index contributed by atoms with van der Waals surface area (Å²) in [5, 5.41) is 9.07. The van der Waals surface area contributed by atoms with Crippen LogP contribution in [0.15, 0.2) is 0 Å². The molecule has 1 saturated heterocycles. The van der Waals surface area contributed by atoms with Crippen LogP contribution in [0.1, 0.15) is 39.0 Å². The Bertz CT molecular complexity index is 411. The van der Waals surface area contributed by atoms with E-state index in [0.29, 0.717) is 32.4 Å². The first-order valence-corrected chi connectivity index (χ1v) is 7.07. The van der Waals surface area contributed by atoms with E-state index in [1.807, 2.05) is 0 Å². The summed E-state index contributed by atoms with van der Waals surface area (Å²) in [6.45, 7) is 2.34. The van der Waals surface area contributed by atoms with Gasteiger partial charge in [0.2, 0.25) is 0 Å². The minimum atomic E-state index is -1.66. The summed E-state index contributed by atoms with van der Waals surface area (Å²) in [6.07, 6.45) is 1.54. The van der Waals surface area contributed by atoms with Gasteiger partial charge in [0.05, 0.1) is 6.61 Å². The molecular formula is C13H23N3O5. The van der Waals surface area contributed by atoms with Gasteiger partial charge in [-0.3, -0.25) is 9.59 Å². The molecule has 1 aliphatic rings. The van der Waals surface area contributed by atoms with Gasteiger partial charge in [0, 0.05) is 13.0 Å². The molecule has 0 spiro atoms. The summed E-state index contributed by atoms with van der Waals surface area (Å²) < 4.78 is 4.77. The van der Waals surface area contributed by atoms with E-state index < -0.39 is 23.6 Å². The maximum atomic E-state index is 12.3. The van der Waals surface area contributed by atoms with Crippen LogP contribution in [0, 0.1) is 0 Å². The molecule has 1 aliphatic heterocycles. The van der Waals surface area contributed by atoms with E-state index in [1.165, 1.54) is 4.90 Å². The zero-order valence-corrected chi connectivity index (χ0v) is 12.2. The number of aliphatic carboxylic acids is 1. The fraction of sp³-hybridized carbons (Fsp3) is 0.769. The van der Waals surface area contributed by atoms with Crippen molar-refractivity contribution in [1.82, 2.24) is 4.90 Å². The number of carboxylic acid groups (broad SMARTS) is 1. The number of hydrogen-bond acceptors (Lipinski definition) is 6. The average Bonchev–Trinajstić information content (AvgIpc) is 2.87. The smallest absolute Gasteiger partial charge is 0.326 e. The van der Waals surface area contributed by atoms with Crippen molar-refractivity contribution in [3.63, 3.8) is 0 Å². The van der Waals surface area contributed by atoms with Gasteiger partial charge in [0.15, 0.2) is 0 Å². The Morgan fingerprint density at radius 2 is 2.05 bits per heavy atom. The molecule has 1 atom stereocenters. The fourth-order valence-corrected chi connectivity index (χ4v) is 2.40. The van der Waals surface area contributed by atoms with Crippen molar-refractivity contribution in [2.45, 2.75) is 50.7 Å². The number of nitrogens with zero attached hydrogens (tertiary/aromatic N) is 1. The molecule has 120 valence electrons. The van der Waals surface area contributed by atoms with Gasteiger partial charge in [-0.25, -0.2) is 4.79 Å². The summed E-state index contributed by atoms with van der Waals surface area (Å²) in [7, 11) is 0. The molecule has 1 heterocycles. The van der Waals surface area contributed by atoms with Crippen molar-refractivity contribution >= 4 is 17.8 Å². The van der Waals surface area contributed by atoms with Gasteiger partial charge in [0.25, 0.3) is 5.91 Å². The highest BCUT2D eigenvalue weighted by atomic mass is 16.5. The molecule has 0 aromatic heterocycles. The van der Waals surface area contributed by atoms with E-state index in [2.05, 4.69) is 0 Å². The van der Waals surface area contributed by atoms with Crippen molar-refractivity contribution in [3.8, 4) is 0 Å². The van der Waals surface area contributed by atoms with Gasteiger partial charge in [-0.05, 0) is 32.6 Å². The van der Waals surface area contributed by atoms with E-state index in [0.717, 1.165) is 0 Å². The van der Waals surface area contributed by atoms with E-state index in [-0.39, 0.29) is 18.8 Å². The number of carbonyl (C=O) groups excluding carboxylic acids is 2. The first kappa shape index (κ1) is 17.4. The largest absolute Gasteiger partial charge is 0.480 e. The molecule has 0 aliphatic carbocycles. The van der Waals surface area contributed by atoms with Gasteiger partial charge >= 0.3 is 11.9 Å². The number of hydrogen-bond donors (Lipinski definition) is 3. The lowest BCUT2D eigenvalue weighted by Gasteiger charge is -2.31. The average molecular weight is 301 g/mol. The van der Waals surface area contributed by atoms with Gasteiger partial charge in [0.1, 0.15) is 11.7 Å². The number of nitrogens with two attached hydrogens (primary N) is 2. The third-order valence-electron chi connectivity index (χ3n) is 3.47. The minimum Gasteiger partial charge on any atom is -0.480 e. The van der Waals surface area contributed by atoms with Gasteiger partial charge in [-0.2, -0.15) is 0 Å². The number of esters is 1. The lowest BCUT2D eigenvalue weighted by Crippen LogP contribution is -2.63. The van der Waals surface area contributed by atoms with Crippen LogP contribution in [0.3, 0.4) is 0 Å². The molecule has 0 saturated carbocycles. The second-order valence-corrected chi connectivity index (χ2v) is 5.19. The van der Waals surface area contributed by atoms with Gasteiger partial charge < -0.3 is 26.2 Å². The molecule has 0 aromatic carbocycles. The van der Waals surface area contributed by atoms with Crippen LogP contribution in [0.2, 0.25) is 0 Å². The van der Waals surface area contributed by atoms with E-state index in [9.17, 15) is 14.4 Å². The Kier molecular flexibility index (Phi) is 6.10. The second kappa shape index (κ2) is 7.37. The van der Waals surface area contributed by atoms with Crippen molar-refractivity contribution < 1.29 is 24.2 Å². The molecule has 1 fully saturated rings. The predicted molar refractivity (Wildman–Crippen MR) is 74.0 cm³/mol. The van der Waals surface area contributed by atoms with Crippen LogP contribution in [-0.2, 0) is 19.1 Å². The van der Waals surface area contributed by atoms with E-state index >= 15 is 0 Å². The highest BCUT2D eigenvalue weighted by Crippen LogP contribution is 2.21. The molecule has 5 N–H and O–H groups in total. The maximum absolute atomic E-state index is 12.3. The number of carbonyl (C=O) groups is 3. The highest BCUT2D eigenvalue weighted by Gasteiger charge is 2.41. The molecule has 21 heavy (non-hydrogen) atoms. The quantitative estimate of drug-likeness (QED) is 0.422. The SMILES string of the molecule is CCOC(=O)CCCC(N)(N)C(=O)N1CCC[C@H]1C(=O)O. The molecule has 0 radical (unpaired) electrons. The Morgan fingerprint density at radius 3 is 2.62 bits per heavy atom. The Balaban J connectivity index is 2.54. The summed E-state index contributed by atoms with van der Waals surface area (Å²) in [5.74, 6) is -2.01. The van der Waals surface area contributed by atoms with Crippen LogP contribution in [0.25, 0.3) is 0 Å². The van der Waals surface area contributed by atoms with Crippen LogP contribution < -0.4 is 11.5 Å². The first-order valence-electron chi connectivity index (χ1n) is 7.07. The highest BCUT2D eigenvalue weighted by molar-refractivity contribution is 5.90. The zero-order valence-electron chi connectivity index (χ0n) is 12.2. The van der Waals surface area contributed by atoms with Crippen molar-refractivity contribution in [2.24, 2.45) is 11.5 Å². The summed E-state index contributed by atoms with van der Waals surface area (Å²) in [4.78, 5) is 35.8. The topological polar surface area (TPSA) is 136 Å². The van der Waals surface area contributed by atoms with Crippen LogP contribution in [0.5, 0.6) is 0 Å². The van der Waals surface area contributed by atoms with Crippen molar-refractivity contribution in [1.29, 1.82) is 0 Å². The normalized spacial score (nSPS) is 18.6. The number of rotatable bonds is 7. The van der Waals surface area contributed by atoms with Gasteiger partial charge in [-0.15, -0.1) is 0 Å². The number of carboxylic acids is 1. The summed E-state index contributed by atoms with van der Waals surface area (Å²) in [6, 6.07) is -0.867. The molecule has 0 bridgehead atoms. The molecule has 1 rings (SSSR count). The minimum absolute atomic E-state index is 0.0908. The monoisotopic (exact) mass is 301 g/mol. The van der Waals surface area contributed by atoms with Gasteiger partial charge in [-0.1, -0.05) is 0 Å². The standard InChI is InChI=1S/C13H23N3O5/c1-2-21-10(17)6-3-7-13(14,15)12(20)16-8-4-5-9(16)11(18)19/h9H,2-8,14-15H2,1H3,(H,18,19)/t9-/m0/s1. The molecular weight excluding hydrogens is 278 g/mol. The van der Waals surface area contributed by atoms with E-state index in [4.69, 9.17) is 21.3 Å². The molecule has 1 amide bonds. The lowest BCUT2D eigenvalue weighted by molar-refractivity contribution is -0.150. The second-order valence-electron chi connectivity index (χ2n) is 5.19. The van der Waals surface area contributed by atoms with Crippen molar-refractivity contribution in [3.05, 3.63) is 0 Å². The fourth-order valence-electron chi connectivity index (χ4n) is 2.40. The van der Waals surface area contributed by atoms with Crippen LogP contribution in [0.4, 0.5) is 0 Å². The molecule has 8 nitrogen and oxygen atoms in total. The number of amides is 1. The lowest BCUT2D eigenvalue weighted by atomic mass is 10.0. The third kappa shape index (κ3) is 4.68. The predicted octanol–water partition coefficient (Wildman–Crippen LogP) is -0.591. The maximum Gasteiger partial charge on any atom is 0.326 e. The first-order chi connectivity index (χ1) is 9.79. The van der Waals surface area contributed by atoms with E-state index in [1.54, 1.807) is 6.92 Å². The molecule has 0 unspecified atom stereocenters.